The summed E-state index contributed by atoms with van der Waals surface area (Å²) in [7, 11) is 0. The van der Waals surface area contributed by atoms with E-state index in [2.05, 4.69) is 53.3 Å². The highest BCUT2D eigenvalue weighted by molar-refractivity contribution is 5.48. The second kappa shape index (κ2) is 6.95. The lowest BCUT2D eigenvalue weighted by molar-refractivity contribution is 0.316. The van der Waals surface area contributed by atoms with Crippen molar-refractivity contribution < 1.29 is 0 Å². The van der Waals surface area contributed by atoms with Gasteiger partial charge >= 0.3 is 0 Å². The van der Waals surface area contributed by atoms with Gasteiger partial charge in [0.05, 0.1) is 6.33 Å². The van der Waals surface area contributed by atoms with Crippen LogP contribution in [0.3, 0.4) is 0 Å². The summed E-state index contributed by atoms with van der Waals surface area (Å²) in [4.78, 5) is 6.46. The fourth-order valence-corrected chi connectivity index (χ4v) is 2.06. The number of nitrogens with one attached hydrogen (secondary N) is 1. The number of hydrogen-bond donors (Lipinski definition) is 1. The topological polar surface area (TPSA) is 33.1 Å². The van der Waals surface area contributed by atoms with Crippen molar-refractivity contribution >= 4 is 5.69 Å². The van der Waals surface area contributed by atoms with Crippen molar-refractivity contribution in [2.45, 2.75) is 13.8 Å². The third-order valence-electron chi connectivity index (χ3n) is 3.32. The zero-order chi connectivity index (χ0) is 13.5. The minimum atomic E-state index is 0.978. The molecule has 0 saturated heterocycles. The van der Waals surface area contributed by atoms with Gasteiger partial charge in [-0.2, -0.15) is 0 Å². The molecule has 19 heavy (non-hydrogen) atoms. The first kappa shape index (κ1) is 13.6. The monoisotopic (exact) mass is 258 g/mol. The predicted octanol–water partition coefficient (Wildman–Crippen LogP) is 2.63. The molecule has 0 unspecified atom stereocenters. The number of rotatable bonds is 7. The Hall–Kier alpha value is -1.81. The molecule has 0 bridgehead atoms. The first-order valence-electron chi connectivity index (χ1n) is 6.88. The van der Waals surface area contributed by atoms with Crippen molar-refractivity contribution in [1.82, 2.24) is 14.5 Å². The SMILES string of the molecule is CCN(CC)CCNc1ccc(-n2ccnc2)cc1. The van der Waals surface area contributed by atoms with Gasteiger partial charge in [0, 0.05) is 36.9 Å². The maximum atomic E-state index is 4.05. The van der Waals surface area contributed by atoms with E-state index in [9.17, 15) is 0 Å². The zero-order valence-corrected chi connectivity index (χ0v) is 11.7. The molecule has 4 nitrogen and oxygen atoms in total. The second-order valence-corrected chi connectivity index (χ2v) is 4.47. The summed E-state index contributed by atoms with van der Waals surface area (Å²) in [5, 5.41) is 3.45. The van der Waals surface area contributed by atoms with Crippen LogP contribution in [0.4, 0.5) is 5.69 Å². The fourth-order valence-electron chi connectivity index (χ4n) is 2.06. The molecule has 2 aromatic rings. The van der Waals surface area contributed by atoms with Crippen LogP contribution in [-0.2, 0) is 0 Å². The maximum Gasteiger partial charge on any atom is 0.0991 e. The summed E-state index contributed by atoms with van der Waals surface area (Å²) in [6.07, 6.45) is 5.54. The Kier molecular flexibility index (Phi) is 4.98. The Morgan fingerprint density at radius 2 is 1.89 bits per heavy atom. The molecule has 1 aromatic carbocycles. The number of nitrogens with zero attached hydrogens (tertiary/aromatic N) is 3. The summed E-state index contributed by atoms with van der Waals surface area (Å²) in [5.74, 6) is 0. The van der Waals surface area contributed by atoms with Crippen LogP contribution in [0.15, 0.2) is 43.0 Å². The van der Waals surface area contributed by atoms with Gasteiger partial charge in [-0.05, 0) is 37.4 Å². The van der Waals surface area contributed by atoms with E-state index < -0.39 is 0 Å². The zero-order valence-electron chi connectivity index (χ0n) is 11.7. The quantitative estimate of drug-likeness (QED) is 0.828. The van der Waals surface area contributed by atoms with Gasteiger partial charge in [-0.3, -0.25) is 0 Å². The Morgan fingerprint density at radius 1 is 1.16 bits per heavy atom. The highest BCUT2D eigenvalue weighted by Crippen LogP contribution is 2.12. The molecule has 0 spiro atoms. The van der Waals surface area contributed by atoms with Crippen LogP contribution < -0.4 is 5.32 Å². The largest absolute Gasteiger partial charge is 0.384 e. The van der Waals surface area contributed by atoms with Gasteiger partial charge in [0.2, 0.25) is 0 Å². The van der Waals surface area contributed by atoms with Gasteiger partial charge in [-0.25, -0.2) is 4.98 Å². The van der Waals surface area contributed by atoms with Gasteiger partial charge in [-0.1, -0.05) is 13.8 Å². The molecule has 4 heteroatoms. The van der Waals surface area contributed by atoms with E-state index in [1.165, 1.54) is 0 Å². The third kappa shape index (κ3) is 3.83. The lowest BCUT2D eigenvalue weighted by atomic mass is 10.2. The van der Waals surface area contributed by atoms with Gasteiger partial charge in [0.1, 0.15) is 0 Å². The number of imidazole rings is 1. The van der Waals surface area contributed by atoms with E-state index >= 15 is 0 Å². The standard InChI is InChI=1S/C15H22N4/c1-3-18(4-2)11-10-17-14-5-7-15(8-6-14)19-12-9-16-13-19/h5-9,12-13,17H,3-4,10-11H2,1-2H3. The molecule has 0 aliphatic heterocycles. The molecular formula is C15H22N4. The number of aromatic nitrogens is 2. The summed E-state index contributed by atoms with van der Waals surface area (Å²) >= 11 is 0. The van der Waals surface area contributed by atoms with E-state index in [0.29, 0.717) is 0 Å². The van der Waals surface area contributed by atoms with Gasteiger partial charge in [0.25, 0.3) is 0 Å². The molecule has 2 rings (SSSR count). The molecule has 0 saturated carbocycles. The minimum Gasteiger partial charge on any atom is -0.384 e. The number of hydrogen-bond acceptors (Lipinski definition) is 3. The van der Waals surface area contributed by atoms with Crippen molar-refractivity contribution in [3.63, 3.8) is 0 Å². The molecule has 0 aliphatic carbocycles. The van der Waals surface area contributed by atoms with Crippen LogP contribution in [0.1, 0.15) is 13.8 Å². The first-order valence-corrected chi connectivity index (χ1v) is 6.88. The van der Waals surface area contributed by atoms with Crippen molar-refractivity contribution in [2.75, 3.05) is 31.5 Å². The highest BCUT2D eigenvalue weighted by atomic mass is 15.1. The summed E-state index contributed by atoms with van der Waals surface area (Å²) < 4.78 is 2.00. The summed E-state index contributed by atoms with van der Waals surface area (Å²) in [5.41, 5.74) is 2.29. The third-order valence-corrected chi connectivity index (χ3v) is 3.32. The van der Waals surface area contributed by atoms with E-state index in [4.69, 9.17) is 0 Å². The molecule has 102 valence electrons. The molecular weight excluding hydrogens is 236 g/mol. The van der Waals surface area contributed by atoms with E-state index in [-0.39, 0.29) is 0 Å². The number of benzene rings is 1. The normalized spacial score (nSPS) is 10.9. The maximum absolute atomic E-state index is 4.05. The fraction of sp³-hybridized carbons (Fsp3) is 0.400. The number of likely N-dealkylation sites (N-methyl/N-ethyl adjacent to an activating group) is 1. The summed E-state index contributed by atoms with van der Waals surface area (Å²) in [6.45, 7) is 8.67. The van der Waals surface area contributed by atoms with E-state index in [1.54, 1.807) is 6.20 Å². The van der Waals surface area contributed by atoms with Gasteiger partial charge in [-0.15, -0.1) is 0 Å². The number of anilines is 1. The van der Waals surface area contributed by atoms with Crippen molar-refractivity contribution in [2.24, 2.45) is 0 Å². The lowest BCUT2D eigenvalue weighted by Gasteiger charge is -2.18. The molecule has 1 heterocycles. The van der Waals surface area contributed by atoms with Crippen LogP contribution in [0, 0.1) is 0 Å². The van der Waals surface area contributed by atoms with Crippen LogP contribution in [-0.4, -0.2) is 40.6 Å². The predicted molar refractivity (Wildman–Crippen MR) is 79.8 cm³/mol. The molecule has 1 aromatic heterocycles. The van der Waals surface area contributed by atoms with Gasteiger partial charge < -0.3 is 14.8 Å². The van der Waals surface area contributed by atoms with Crippen molar-refractivity contribution in [3.8, 4) is 5.69 Å². The lowest BCUT2D eigenvalue weighted by Crippen LogP contribution is -2.28. The average Bonchev–Trinajstić information content (AvgIpc) is 2.98. The van der Waals surface area contributed by atoms with Crippen LogP contribution >= 0.6 is 0 Å². The molecule has 0 fully saturated rings. The molecule has 0 radical (unpaired) electrons. The van der Waals surface area contributed by atoms with Crippen LogP contribution in [0.2, 0.25) is 0 Å². The summed E-state index contributed by atoms with van der Waals surface area (Å²) in [6, 6.07) is 8.41. The van der Waals surface area contributed by atoms with Crippen LogP contribution in [0.25, 0.3) is 5.69 Å². The second-order valence-electron chi connectivity index (χ2n) is 4.47. The average molecular weight is 258 g/mol. The molecule has 0 aliphatic rings. The van der Waals surface area contributed by atoms with Crippen molar-refractivity contribution in [3.05, 3.63) is 43.0 Å². The van der Waals surface area contributed by atoms with E-state index in [0.717, 1.165) is 37.6 Å². The minimum absolute atomic E-state index is 0.978. The van der Waals surface area contributed by atoms with Crippen molar-refractivity contribution in [1.29, 1.82) is 0 Å². The molecule has 0 amide bonds. The molecule has 0 atom stereocenters. The highest BCUT2D eigenvalue weighted by Gasteiger charge is 1.99. The molecule has 1 N–H and O–H groups in total. The first-order chi connectivity index (χ1) is 9.33. The van der Waals surface area contributed by atoms with E-state index in [1.807, 2.05) is 17.1 Å². The smallest absolute Gasteiger partial charge is 0.0991 e. The van der Waals surface area contributed by atoms with Crippen LogP contribution in [0.5, 0.6) is 0 Å². The Balaban J connectivity index is 1.85. The van der Waals surface area contributed by atoms with Gasteiger partial charge in [0.15, 0.2) is 0 Å². The Bertz CT molecular complexity index is 457. The Labute approximate surface area is 115 Å². The Morgan fingerprint density at radius 3 is 2.47 bits per heavy atom.